The lowest BCUT2D eigenvalue weighted by atomic mass is 9.91. The predicted molar refractivity (Wildman–Crippen MR) is 125 cm³/mol. The summed E-state index contributed by atoms with van der Waals surface area (Å²) in [4.78, 5) is 29.6. The normalized spacial score (nSPS) is 18.9. The van der Waals surface area contributed by atoms with Gasteiger partial charge in [-0.1, -0.05) is 13.0 Å². The molecule has 35 heavy (non-hydrogen) atoms. The van der Waals surface area contributed by atoms with Crippen LogP contribution in [-0.4, -0.2) is 67.5 Å². The monoisotopic (exact) mass is 485 g/mol. The van der Waals surface area contributed by atoms with Gasteiger partial charge in [0.05, 0.1) is 37.2 Å². The van der Waals surface area contributed by atoms with E-state index >= 15 is 0 Å². The van der Waals surface area contributed by atoms with E-state index in [1.165, 1.54) is 25.5 Å². The molecule has 9 nitrogen and oxygen atoms in total. The SMILES string of the molecule is COCCNC(=O)c1ccc(C(C)c2cc(C(=O)N[C@H]3CCOC[C@@H]3O)nc3ccoc23)cc1F. The molecular weight excluding hydrogens is 457 g/mol. The summed E-state index contributed by atoms with van der Waals surface area (Å²) in [6.07, 6.45) is 1.18. The Morgan fingerprint density at radius 2 is 2.11 bits per heavy atom. The van der Waals surface area contributed by atoms with Crippen molar-refractivity contribution in [1.82, 2.24) is 15.6 Å². The van der Waals surface area contributed by atoms with Crippen molar-refractivity contribution < 1.29 is 33.0 Å². The first-order valence-electron chi connectivity index (χ1n) is 11.4. The van der Waals surface area contributed by atoms with E-state index in [0.717, 1.165) is 0 Å². The van der Waals surface area contributed by atoms with E-state index in [-0.39, 0.29) is 30.3 Å². The summed E-state index contributed by atoms with van der Waals surface area (Å²) in [5.74, 6) is -1.97. The van der Waals surface area contributed by atoms with Crippen LogP contribution in [0.5, 0.6) is 0 Å². The number of ether oxygens (including phenoxy) is 2. The van der Waals surface area contributed by atoms with E-state index in [1.807, 2.05) is 6.92 Å². The van der Waals surface area contributed by atoms with E-state index in [2.05, 4.69) is 15.6 Å². The summed E-state index contributed by atoms with van der Waals surface area (Å²) < 4.78 is 30.5. The molecule has 2 aromatic heterocycles. The molecule has 0 aliphatic carbocycles. The fourth-order valence-corrected chi connectivity index (χ4v) is 4.08. The molecule has 0 saturated carbocycles. The first-order chi connectivity index (χ1) is 16.9. The average Bonchev–Trinajstić information content (AvgIpc) is 3.33. The number of hydrogen-bond donors (Lipinski definition) is 3. The summed E-state index contributed by atoms with van der Waals surface area (Å²) in [5.41, 5.74) is 2.32. The van der Waals surface area contributed by atoms with Crippen molar-refractivity contribution in [3.05, 3.63) is 64.8 Å². The second-order valence-electron chi connectivity index (χ2n) is 8.45. The Morgan fingerprint density at radius 3 is 2.86 bits per heavy atom. The second kappa shape index (κ2) is 10.9. The lowest BCUT2D eigenvalue weighted by Crippen LogP contribution is -2.48. The van der Waals surface area contributed by atoms with E-state index in [0.29, 0.717) is 41.9 Å². The fourth-order valence-electron chi connectivity index (χ4n) is 4.08. The van der Waals surface area contributed by atoms with Crippen LogP contribution < -0.4 is 10.6 Å². The molecule has 1 saturated heterocycles. The number of carbonyl (C=O) groups excluding carboxylic acids is 2. The highest BCUT2D eigenvalue weighted by atomic mass is 19.1. The Balaban J connectivity index is 1.59. The van der Waals surface area contributed by atoms with E-state index in [4.69, 9.17) is 13.9 Å². The Morgan fingerprint density at radius 1 is 1.29 bits per heavy atom. The highest BCUT2D eigenvalue weighted by Crippen LogP contribution is 2.32. The van der Waals surface area contributed by atoms with Crippen LogP contribution in [0.2, 0.25) is 0 Å². The van der Waals surface area contributed by atoms with Gasteiger partial charge in [-0.3, -0.25) is 9.59 Å². The number of aliphatic hydroxyl groups is 1. The van der Waals surface area contributed by atoms with Gasteiger partial charge in [0, 0.05) is 37.8 Å². The molecule has 10 heteroatoms. The van der Waals surface area contributed by atoms with Gasteiger partial charge in [0.1, 0.15) is 17.0 Å². The maximum atomic E-state index is 14.8. The van der Waals surface area contributed by atoms with Gasteiger partial charge < -0.3 is 29.6 Å². The van der Waals surface area contributed by atoms with Gasteiger partial charge >= 0.3 is 0 Å². The minimum atomic E-state index is -0.795. The summed E-state index contributed by atoms with van der Waals surface area (Å²) >= 11 is 0. The summed E-state index contributed by atoms with van der Waals surface area (Å²) in [7, 11) is 1.52. The number of fused-ring (bicyclic) bond motifs is 1. The summed E-state index contributed by atoms with van der Waals surface area (Å²) in [6, 6.07) is 7.25. The Hall–Kier alpha value is -3.34. The lowest BCUT2D eigenvalue weighted by Gasteiger charge is -2.28. The molecule has 2 amide bonds. The number of pyridine rings is 1. The Labute approximate surface area is 201 Å². The van der Waals surface area contributed by atoms with Gasteiger partial charge in [0.15, 0.2) is 5.58 Å². The molecule has 0 bridgehead atoms. The van der Waals surface area contributed by atoms with Crippen molar-refractivity contribution in [3.8, 4) is 0 Å². The number of rotatable bonds is 8. The zero-order valence-corrected chi connectivity index (χ0v) is 19.5. The molecule has 1 aliphatic heterocycles. The summed E-state index contributed by atoms with van der Waals surface area (Å²) in [5, 5.41) is 15.5. The Kier molecular flexibility index (Phi) is 7.74. The zero-order chi connectivity index (χ0) is 24.9. The molecule has 1 aromatic carbocycles. The third kappa shape index (κ3) is 5.50. The molecule has 1 aliphatic rings. The third-order valence-corrected chi connectivity index (χ3v) is 6.11. The highest BCUT2D eigenvalue weighted by Gasteiger charge is 2.27. The molecular formula is C25H28FN3O6. The number of benzene rings is 1. The third-order valence-electron chi connectivity index (χ3n) is 6.11. The molecule has 3 N–H and O–H groups in total. The zero-order valence-electron chi connectivity index (χ0n) is 19.5. The minimum absolute atomic E-state index is 0.0648. The number of aliphatic hydroxyl groups excluding tert-OH is 1. The number of nitrogens with zero attached hydrogens (tertiary/aromatic N) is 1. The molecule has 1 fully saturated rings. The molecule has 1 unspecified atom stereocenters. The van der Waals surface area contributed by atoms with E-state index < -0.39 is 29.8 Å². The maximum Gasteiger partial charge on any atom is 0.270 e. The maximum absolute atomic E-state index is 14.8. The second-order valence-corrected chi connectivity index (χ2v) is 8.45. The Bertz CT molecular complexity index is 1210. The standard InChI is InChI=1S/C25H28FN3O6/c1-14(15-3-4-16(18(26)11-15)24(31)27-7-10-33-2)17-12-21(28-20-6-9-35-23(17)20)25(32)29-19-5-8-34-13-22(19)30/h3-4,6,9,11-12,14,19,22,30H,5,7-8,10,13H2,1-2H3,(H,27,31)(H,29,32)/t14?,19-,22-/m0/s1. The summed E-state index contributed by atoms with van der Waals surface area (Å²) in [6.45, 7) is 3.06. The molecule has 0 spiro atoms. The van der Waals surface area contributed by atoms with Crippen molar-refractivity contribution >= 4 is 22.9 Å². The number of methoxy groups -OCH3 is 1. The molecule has 4 rings (SSSR count). The quantitative estimate of drug-likeness (QED) is 0.419. The van der Waals surface area contributed by atoms with Crippen molar-refractivity contribution in [3.63, 3.8) is 0 Å². The predicted octanol–water partition coefficient (Wildman–Crippen LogP) is 2.37. The van der Waals surface area contributed by atoms with E-state index in [9.17, 15) is 19.1 Å². The molecule has 3 atom stereocenters. The van der Waals surface area contributed by atoms with Crippen LogP contribution in [0.15, 0.2) is 41.0 Å². The number of amides is 2. The van der Waals surface area contributed by atoms with Gasteiger partial charge in [-0.25, -0.2) is 9.37 Å². The van der Waals surface area contributed by atoms with Crippen LogP contribution in [-0.2, 0) is 9.47 Å². The minimum Gasteiger partial charge on any atom is -0.462 e. The number of halogens is 1. The van der Waals surface area contributed by atoms with Crippen molar-refractivity contribution in [2.24, 2.45) is 0 Å². The molecule has 3 aromatic rings. The number of aromatic nitrogens is 1. The number of hydrogen-bond acceptors (Lipinski definition) is 7. The molecule has 0 radical (unpaired) electrons. The van der Waals surface area contributed by atoms with Crippen LogP contribution in [0, 0.1) is 5.82 Å². The average molecular weight is 486 g/mol. The van der Waals surface area contributed by atoms with Crippen LogP contribution in [0.3, 0.4) is 0 Å². The van der Waals surface area contributed by atoms with Gasteiger partial charge in [0.25, 0.3) is 11.8 Å². The van der Waals surface area contributed by atoms with Gasteiger partial charge in [-0.2, -0.15) is 0 Å². The van der Waals surface area contributed by atoms with Crippen LogP contribution in [0.4, 0.5) is 4.39 Å². The smallest absolute Gasteiger partial charge is 0.270 e. The number of furan rings is 1. The molecule has 3 heterocycles. The van der Waals surface area contributed by atoms with Gasteiger partial charge in [-0.05, 0) is 30.2 Å². The van der Waals surface area contributed by atoms with Crippen molar-refractivity contribution in [1.29, 1.82) is 0 Å². The molecule has 186 valence electrons. The van der Waals surface area contributed by atoms with E-state index in [1.54, 1.807) is 18.2 Å². The van der Waals surface area contributed by atoms with Crippen LogP contribution >= 0.6 is 0 Å². The number of carbonyl (C=O) groups is 2. The van der Waals surface area contributed by atoms with Crippen molar-refractivity contribution in [2.45, 2.75) is 31.4 Å². The van der Waals surface area contributed by atoms with Crippen LogP contribution in [0.1, 0.15) is 51.2 Å². The largest absolute Gasteiger partial charge is 0.462 e. The first-order valence-corrected chi connectivity index (χ1v) is 11.4. The first kappa shape index (κ1) is 24.8. The van der Waals surface area contributed by atoms with Crippen LogP contribution in [0.25, 0.3) is 11.1 Å². The highest BCUT2D eigenvalue weighted by molar-refractivity contribution is 5.96. The van der Waals surface area contributed by atoms with Crippen molar-refractivity contribution in [2.75, 3.05) is 33.5 Å². The van der Waals surface area contributed by atoms with Gasteiger partial charge in [-0.15, -0.1) is 0 Å². The number of nitrogens with one attached hydrogen (secondary N) is 2. The fraction of sp³-hybridized carbons (Fsp3) is 0.400. The topological polar surface area (TPSA) is 123 Å². The van der Waals surface area contributed by atoms with Gasteiger partial charge in [0.2, 0.25) is 0 Å². The lowest BCUT2D eigenvalue weighted by molar-refractivity contribution is -0.0261.